The van der Waals surface area contributed by atoms with Crippen LogP contribution in [0.4, 0.5) is 0 Å². The molecule has 0 bridgehead atoms. The minimum atomic E-state index is -0.968. The molecular weight excluding hydrogens is 417 g/mol. The Balaban J connectivity index is 0.00000125. The standard InChI is InChI=1S/C17H19N2O3PS.C3H7N.C2H2/c1-2-3-4-13-9-19(10-15(20)21)17(18-16(13)22)24-11-12-5-7-14(23)8-6-12;1-3-4-2;1-2/h2,5-9H,1,3-4,10-11,23H2,(H,20,21);3H,1-2H3;1-2H. The molecule has 30 heavy (non-hydrogen) atoms. The maximum absolute atomic E-state index is 12.1. The van der Waals surface area contributed by atoms with E-state index in [0.717, 1.165) is 10.9 Å². The Hall–Kier alpha value is -2.68. The minimum Gasteiger partial charge on any atom is -0.480 e. The van der Waals surface area contributed by atoms with E-state index in [9.17, 15) is 9.59 Å². The van der Waals surface area contributed by atoms with Gasteiger partial charge >= 0.3 is 5.97 Å². The van der Waals surface area contributed by atoms with Crippen LogP contribution >= 0.6 is 21.0 Å². The van der Waals surface area contributed by atoms with Crippen LogP contribution in [0.3, 0.4) is 0 Å². The summed E-state index contributed by atoms with van der Waals surface area (Å²) in [7, 11) is 4.37. The molecule has 1 aromatic heterocycles. The maximum atomic E-state index is 12.1. The summed E-state index contributed by atoms with van der Waals surface area (Å²) in [6, 6.07) is 7.95. The van der Waals surface area contributed by atoms with E-state index in [2.05, 4.69) is 38.6 Å². The number of carboxylic acid groups (broad SMARTS) is 1. The third kappa shape index (κ3) is 10.8. The third-order valence-corrected chi connectivity index (χ3v) is 5.01. The molecule has 0 aliphatic carbocycles. The lowest BCUT2D eigenvalue weighted by Gasteiger charge is -2.12. The fraction of sp³-hybridized carbons (Fsp3) is 0.273. The van der Waals surface area contributed by atoms with Gasteiger partial charge in [-0.1, -0.05) is 42.1 Å². The molecule has 0 aliphatic rings. The van der Waals surface area contributed by atoms with E-state index in [4.69, 9.17) is 5.11 Å². The molecule has 0 saturated heterocycles. The number of nitrogens with zero attached hydrogens (tertiary/aromatic N) is 3. The van der Waals surface area contributed by atoms with Gasteiger partial charge in [-0.2, -0.15) is 4.98 Å². The van der Waals surface area contributed by atoms with E-state index in [0.29, 0.717) is 29.3 Å². The smallest absolute Gasteiger partial charge is 0.323 e. The van der Waals surface area contributed by atoms with Crippen molar-refractivity contribution in [2.75, 3.05) is 7.05 Å². The summed E-state index contributed by atoms with van der Waals surface area (Å²) >= 11 is 1.36. The van der Waals surface area contributed by atoms with Gasteiger partial charge in [0.1, 0.15) is 6.54 Å². The predicted octanol–water partition coefficient (Wildman–Crippen LogP) is 3.20. The van der Waals surface area contributed by atoms with Gasteiger partial charge in [-0.25, -0.2) is 0 Å². The highest BCUT2D eigenvalue weighted by atomic mass is 32.2. The summed E-state index contributed by atoms with van der Waals surface area (Å²) in [6.07, 6.45) is 14.2. The van der Waals surface area contributed by atoms with Gasteiger partial charge in [0, 0.05) is 24.6 Å². The van der Waals surface area contributed by atoms with Crippen molar-refractivity contribution in [3.63, 3.8) is 0 Å². The number of allylic oxidation sites excluding steroid dienone is 1. The van der Waals surface area contributed by atoms with Crippen molar-refractivity contribution in [3.05, 3.63) is 64.6 Å². The first-order valence-electron chi connectivity index (χ1n) is 9.01. The summed E-state index contributed by atoms with van der Waals surface area (Å²) in [4.78, 5) is 30.9. The normalized spacial score (nSPS) is 9.77. The lowest BCUT2D eigenvalue weighted by molar-refractivity contribution is -0.137. The molecule has 1 unspecified atom stereocenters. The summed E-state index contributed by atoms with van der Waals surface area (Å²) < 4.78 is 1.52. The highest BCUT2D eigenvalue weighted by molar-refractivity contribution is 7.98. The number of rotatable bonds is 8. The van der Waals surface area contributed by atoms with Crippen molar-refractivity contribution in [3.8, 4) is 12.8 Å². The monoisotopic (exact) mass is 445 g/mol. The molecule has 160 valence electrons. The van der Waals surface area contributed by atoms with Crippen molar-refractivity contribution >= 4 is 38.5 Å². The number of terminal acetylenes is 1. The van der Waals surface area contributed by atoms with Gasteiger partial charge in [-0.15, -0.1) is 28.7 Å². The van der Waals surface area contributed by atoms with Crippen LogP contribution in [0.15, 0.2) is 58.1 Å². The molecule has 1 N–H and O–H groups in total. The van der Waals surface area contributed by atoms with Crippen molar-refractivity contribution in [2.45, 2.75) is 37.2 Å². The van der Waals surface area contributed by atoms with E-state index < -0.39 is 5.97 Å². The number of hydrogen-bond acceptors (Lipinski definition) is 5. The van der Waals surface area contributed by atoms with Gasteiger partial charge < -0.3 is 14.7 Å². The third-order valence-electron chi connectivity index (χ3n) is 3.56. The van der Waals surface area contributed by atoms with E-state index in [-0.39, 0.29) is 12.1 Å². The van der Waals surface area contributed by atoms with Crippen molar-refractivity contribution in [1.29, 1.82) is 0 Å². The molecule has 2 aromatic rings. The second-order valence-electron chi connectivity index (χ2n) is 5.75. The number of benzene rings is 1. The summed E-state index contributed by atoms with van der Waals surface area (Å²) in [6.45, 7) is 5.30. The molecule has 1 atom stereocenters. The topological polar surface area (TPSA) is 84.5 Å². The van der Waals surface area contributed by atoms with Crippen molar-refractivity contribution in [1.82, 2.24) is 9.55 Å². The maximum Gasteiger partial charge on any atom is 0.323 e. The van der Waals surface area contributed by atoms with Crippen LogP contribution < -0.4 is 10.9 Å². The molecule has 1 aromatic carbocycles. The Morgan fingerprint density at radius 2 is 1.97 bits per heavy atom. The first-order valence-corrected chi connectivity index (χ1v) is 10.6. The molecule has 1 heterocycles. The van der Waals surface area contributed by atoms with Gasteiger partial charge in [0.15, 0.2) is 5.16 Å². The molecule has 0 radical (unpaired) electrons. The molecule has 0 fully saturated rings. The molecule has 0 saturated carbocycles. The van der Waals surface area contributed by atoms with Crippen LogP contribution in [0.5, 0.6) is 0 Å². The highest BCUT2D eigenvalue weighted by Crippen LogP contribution is 2.20. The molecule has 6 nitrogen and oxygen atoms in total. The van der Waals surface area contributed by atoms with Gasteiger partial charge in [0.05, 0.1) is 0 Å². The number of carboxylic acids is 1. The molecular formula is C22H28N3O3PS. The largest absolute Gasteiger partial charge is 0.480 e. The minimum absolute atomic E-state index is 0.221. The average molecular weight is 446 g/mol. The first kappa shape index (κ1) is 27.3. The second kappa shape index (κ2) is 16.2. The SMILES string of the molecule is C#C.C=CCCc1cn(CC(=O)O)c(SCc2ccc(P)cc2)nc1=O.CC=NC. The van der Waals surface area contributed by atoms with E-state index in [1.165, 1.54) is 16.3 Å². The molecule has 0 amide bonds. The molecule has 0 aliphatic heterocycles. The Kier molecular flexibility index (Phi) is 14.7. The quantitative estimate of drug-likeness (QED) is 0.168. The van der Waals surface area contributed by atoms with Gasteiger partial charge in [-0.05, 0) is 36.8 Å². The Morgan fingerprint density at radius 3 is 2.47 bits per heavy atom. The zero-order valence-electron chi connectivity index (χ0n) is 17.3. The number of hydrogen-bond donors (Lipinski definition) is 1. The van der Waals surface area contributed by atoms with Crippen LogP contribution in [0.1, 0.15) is 24.5 Å². The predicted molar refractivity (Wildman–Crippen MR) is 130 cm³/mol. The molecule has 0 spiro atoms. The van der Waals surface area contributed by atoms with Crippen LogP contribution in [0.25, 0.3) is 0 Å². The number of carbonyl (C=O) groups is 1. The zero-order chi connectivity index (χ0) is 22.9. The molecule has 8 heteroatoms. The van der Waals surface area contributed by atoms with Crippen LogP contribution in [0.2, 0.25) is 0 Å². The summed E-state index contributed by atoms with van der Waals surface area (Å²) in [5.74, 6) is -0.354. The number of thioether (sulfide) groups is 1. The number of aromatic nitrogens is 2. The summed E-state index contributed by atoms with van der Waals surface area (Å²) in [5.41, 5.74) is 1.28. The lowest BCUT2D eigenvalue weighted by atomic mass is 10.2. The Morgan fingerprint density at radius 1 is 1.37 bits per heavy atom. The summed E-state index contributed by atoms with van der Waals surface area (Å²) in [5, 5.41) is 10.6. The number of aryl methyl sites for hydroxylation is 1. The second-order valence-corrected chi connectivity index (χ2v) is 7.36. The van der Waals surface area contributed by atoms with Gasteiger partial charge in [0.2, 0.25) is 0 Å². The number of aliphatic imine (C=N–C) groups is 1. The average Bonchev–Trinajstić information content (AvgIpc) is 2.75. The highest BCUT2D eigenvalue weighted by Gasteiger charge is 2.11. The van der Waals surface area contributed by atoms with Crippen molar-refractivity contribution in [2.24, 2.45) is 4.99 Å². The van der Waals surface area contributed by atoms with E-state index >= 15 is 0 Å². The van der Waals surface area contributed by atoms with Crippen LogP contribution in [0, 0.1) is 12.8 Å². The van der Waals surface area contributed by atoms with E-state index in [1.54, 1.807) is 25.5 Å². The van der Waals surface area contributed by atoms with Crippen molar-refractivity contribution < 1.29 is 9.90 Å². The van der Waals surface area contributed by atoms with Gasteiger partial charge in [0.25, 0.3) is 5.56 Å². The Bertz CT molecular complexity index is 902. The Labute approximate surface area is 184 Å². The van der Waals surface area contributed by atoms with Crippen LogP contribution in [-0.4, -0.2) is 33.9 Å². The van der Waals surface area contributed by atoms with E-state index in [1.807, 2.05) is 31.2 Å². The fourth-order valence-corrected chi connectivity index (χ4v) is 3.20. The first-order chi connectivity index (χ1) is 14.4. The molecule has 2 rings (SSSR count). The van der Waals surface area contributed by atoms with Gasteiger partial charge in [-0.3, -0.25) is 9.59 Å². The lowest BCUT2D eigenvalue weighted by Crippen LogP contribution is -2.21. The fourth-order valence-electron chi connectivity index (χ4n) is 2.09. The zero-order valence-corrected chi connectivity index (χ0v) is 19.3. The van der Waals surface area contributed by atoms with Crippen LogP contribution in [-0.2, 0) is 23.5 Å². The number of aliphatic carboxylic acids is 1.